The molecule has 0 aromatic heterocycles. The highest BCUT2D eigenvalue weighted by Crippen LogP contribution is 2.36. The van der Waals surface area contributed by atoms with Crippen LogP contribution in [0, 0.1) is 5.41 Å². The predicted molar refractivity (Wildman–Crippen MR) is 121 cm³/mol. The van der Waals surface area contributed by atoms with Gasteiger partial charge in [-0.1, -0.05) is 30.3 Å². The van der Waals surface area contributed by atoms with E-state index in [9.17, 15) is 9.59 Å². The molecule has 0 bridgehead atoms. The molecule has 0 aliphatic carbocycles. The van der Waals surface area contributed by atoms with Gasteiger partial charge in [-0.2, -0.15) is 0 Å². The van der Waals surface area contributed by atoms with Crippen molar-refractivity contribution in [1.82, 2.24) is 4.90 Å². The van der Waals surface area contributed by atoms with E-state index in [0.717, 1.165) is 42.9 Å². The molecular weight excluding hydrogens is 392 g/mol. The monoisotopic (exact) mass is 424 g/mol. The van der Waals surface area contributed by atoms with Crippen molar-refractivity contribution in [2.75, 3.05) is 31.6 Å². The summed E-state index contributed by atoms with van der Waals surface area (Å²) in [6, 6.07) is 17.5. The molecule has 31 heavy (non-hydrogen) atoms. The van der Waals surface area contributed by atoms with E-state index < -0.39 is 5.41 Å². The van der Waals surface area contributed by atoms with Gasteiger partial charge in [-0.3, -0.25) is 14.5 Å². The van der Waals surface area contributed by atoms with Crippen molar-refractivity contribution in [2.24, 2.45) is 5.41 Å². The Labute approximate surface area is 184 Å². The van der Waals surface area contributed by atoms with Crippen molar-refractivity contribution < 1.29 is 19.1 Å². The number of ether oxygens (including phenoxy) is 2. The molecule has 1 saturated heterocycles. The minimum atomic E-state index is -0.556. The maximum atomic E-state index is 13.0. The number of nitrogens with one attached hydrogen (secondary N) is 1. The predicted octanol–water partition coefficient (Wildman–Crippen LogP) is 4.26. The number of rotatable bonds is 9. The second-order valence-electron chi connectivity index (χ2n) is 8.10. The number of para-hydroxylation sites is 1. The maximum absolute atomic E-state index is 13.0. The number of anilines is 1. The highest BCUT2D eigenvalue weighted by Gasteiger charge is 2.43. The Morgan fingerprint density at radius 3 is 2.52 bits per heavy atom. The van der Waals surface area contributed by atoms with Crippen molar-refractivity contribution in [3.8, 4) is 5.75 Å². The van der Waals surface area contributed by atoms with Gasteiger partial charge in [0, 0.05) is 25.7 Å². The summed E-state index contributed by atoms with van der Waals surface area (Å²) < 4.78 is 11.4. The number of carbonyl (C=O) groups is 2. The van der Waals surface area contributed by atoms with E-state index in [1.165, 1.54) is 6.92 Å². The Kier molecular flexibility index (Phi) is 8.06. The summed E-state index contributed by atoms with van der Waals surface area (Å²) in [5.41, 5.74) is 1.38. The van der Waals surface area contributed by atoms with Crippen LogP contribution in [0.4, 0.5) is 5.69 Å². The molecule has 6 heteroatoms. The summed E-state index contributed by atoms with van der Waals surface area (Å²) in [5.74, 6) is 0.603. The lowest BCUT2D eigenvalue weighted by Gasteiger charge is -2.41. The van der Waals surface area contributed by atoms with Crippen LogP contribution in [0.1, 0.15) is 38.7 Å². The van der Waals surface area contributed by atoms with E-state index in [2.05, 4.69) is 10.2 Å². The summed E-state index contributed by atoms with van der Waals surface area (Å²) in [7, 11) is 0. The first-order valence-corrected chi connectivity index (χ1v) is 10.9. The number of carbonyl (C=O) groups excluding carboxylic acids is 2. The molecule has 0 saturated carbocycles. The number of hydrogen-bond donors (Lipinski definition) is 1. The summed E-state index contributed by atoms with van der Waals surface area (Å²) in [6.07, 6.45) is 2.37. The van der Waals surface area contributed by atoms with Crippen molar-refractivity contribution in [1.29, 1.82) is 0 Å². The van der Waals surface area contributed by atoms with E-state index >= 15 is 0 Å². The first-order valence-electron chi connectivity index (χ1n) is 10.9. The SMILES string of the molecule is CCOC(=O)[C@]1(CCOc2ccccc2)CCCN(Cc2ccc(NC(C)=O)cc2)C1. The fourth-order valence-corrected chi connectivity index (χ4v) is 4.15. The second-order valence-corrected chi connectivity index (χ2v) is 8.10. The largest absolute Gasteiger partial charge is 0.494 e. The number of benzene rings is 2. The first-order chi connectivity index (χ1) is 15.0. The summed E-state index contributed by atoms with van der Waals surface area (Å²) in [6.45, 7) is 6.54. The molecule has 1 N–H and O–H groups in total. The molecule has 2 aromatic carbocycles. The third kappa shape index (κ3) is 6.56. The van der Waals surface area contributed by atoms with Gasteiger partial charge in [0.2, 0.25) is 5.91 Å². The highest BCUT2D eigenvalue weighted by molar-refractivity contribution is 5.88. The van der Waals surface area contributed by atoms with Gasteiger partial charge < -0.3 is 14.8 Å². The van der Waals surface area contributed by atoms with Crippen LogP contribution in [0.25, 0.3) is 0 Å². The standard InChI is InChI=1S/C25H32N2O4/c1-3-30-24(29)25(15-17-31-23-8-5-4-6-9-23)14-7-16-27(19-25)18-21-10-12-22(13-11-21)26-20(2)28/h4-6,8-13H,3,7,14-19H2,1-2H3,(H,26,28)/t25-/m0/s1. The first kappa shape index (κ1) is 22.8. The van der Waals surface area contributed by atoms with Gasteiger partial charge in [-0.05, 0) is 62.6 Å². The average Bonchev–Trinajstić information content (AvgIpc) is 2.76. The van der Waals surface area contributed by atoms with Crippen LogP contribution in [0.15, 0.2) is 54.6 Å². The topological polar surface area (TPSA) is 67.9 Å². The number of esters is 1. The molecule has 0 unspecified atom stereocenters. The number of piperidine rings is 1. The zero-order valence-corrected chi connectivity index (χ0v) is 18.4. The Morgan fingerprint density at radius 1 is 1.10 bits per heavy atom. The highest BCUT2D eigenvalue weighted by atomic mass is 16.5. The quantitative estimate of drug-likeness (QED) is 0.609. The fourth-order valence-electron chi connectivity index (χ4n) is 4.15. The lowest BCUT2D eigenvalue weighted by Crippen LogP contribution is -2.49. The summed E-state index contributed by atoms with van der Waals surface area (Å²) in [5, 5.41) is 2.79. The fraction of sp³-hybridized carbons (Fsp3) is 0.440. The zero-order chi connectivity index (χ0) is 22.1. The van der Waals surface area contributed by atoms with Crippen LogP contribution in [0.5, 0.6) is 5.75 Å². The number of likely N-dealkylation sites (tertiary alicyclic amines) is 1. The molecule has 0 radical (unpaired) electrons. The molecule has 0 spiro atoms. The lowest BCUT2D eigenvalue weighted by molar-refractivity contribution is -0.160. The molecule has 1 aliphatic rings. The van der Waals surface area contributed by atoms with Gasteiger partial charge in [0.25, 0.3) is 0 Å². The molecule has 1 aliphatic heterocycles. The van der Waals surface area contributed by atoms with E-state index in [4.69, 9.17) is 9.47 Å². The summed E-state index contributed by atoms with van der Waals surface area (Å²) >= 11 is 0. The van der Waals surface area contributed by atoms with Crippen molar-refractivity contribution >= 4 is 17.6 Å². The number of nitrogens with zero attached hydrogens (tertiary/aromatic N) is 1. The normalized spacial score (nSPS) is 18.9. The van der Waals surface area contributed by atoms with E-state index in [1.54, 1.807) is 0 Å². The third-order valence-corrected chi connectivity index (χ3v) is 5.64. The van der Waals surface area contributed by atoms with Crippen molar-refractivity contribution in [3.05, 3.63) is 60.2 Å². The van der Waals surface area contributed by atoms with Crippen LogP contribution in [-0.4, -0.2) is 43.1 Å². The number of amides is 1. The van der Waals surface area contributed by atoms with Gasteiger partial charge in [0.05, 0.1) is 18.6 Å². The molecule has 166 valence electrons. The van der Waals surface area contributed by atoms with Crippen molar-refractivity contribution in [3.63, 3.8) is 0 Å². The minimum absolute atomic E-state index is 0.0827. The van der Waals surface area contributed by atoms with Crippen molar-refractivity contribution in [2.45, 2.75) is 39.7 Å². The van der Waals surface area contributed by atoms with Gasteiger partial charge in [0.1, 0.15) is 5.75 Å². The molecule has 1 atom stereocenters. The van der Waals surface area contributed by atoms with E-state index in [1.807, 2.05) is 61.5 Å². The Hall–Kier alpha value is -2.86. The van der Waals surface area contributed by atoms with Crippen LogP contribution < -0.4 is 10.1 Å². The molecular formula is C25H32N2O4. The summed E-state index contributed by atoms with van der Waals surface area (Å²) in [4.78, 5) is 26.5. The van der Waals surface area contributed by atoms with Crippen LogP contribution in [0.3, 0.4) is 0 Å². The Bertz CT molecular complexity index is 854. The van der Waals surface area contributed by atoms with E-state index in [-0.39, 0.29) is 11.9 Å². The Morgan fingerprint density at radius 2 is 1.84 bits per heavy atom. The molecule has 3 rings (SSSR count). The minimum Gasteiger partial charge on any atom is -0.494 e. The lowest BCUT2D eigenvalue weighted by atomic mass is 9.77. The van der Waals surface area contributed by atoms with Gasteiger partial charge in [-0.15, -0.1) is 0 Å². The molecule has 6 nitrogen and oxygen atoms in total. The zero-order valence-electron chi connectivity index (χ0n) is 18.4. The smallest absolute Gasteiger partial charge is 0.313 e. The van der Waals surface area contributed by atoms with Gasteiger partial charge >= 0.3 is 5.97 Å². The van der Waals surface area contributed by atoms with Crippen LogP contribution >= 0.6 is 0 Å². The van der Waals surface area contributed by atoms with Crippen LogP contribution in [-0.2, 0) is 20.9 Å². The van der Waals surface area contributed by atoms with Gasteiger partial charge in [-0.25, -0.2) is 0 Å². The van der Waals surface area contributed by atoms with Gasteiger partial charge in [0.15, 0.2) is 0 Å². The number of hydrogen-bond acceptors (Lipinski definition) is 5. The molecule has 1 amide bonds. The van der Waals surface area contributed by atoms with E-state index in [0.29, 0.717) is 26.2 Å². The third-order valence-electron chi connectivity index (χ3n) is 5.64. The van der Waals surface area contributed by atoms with Crippen LogP contribution in [0.2, 0.25) is 0 Å². The second kappa shape index (κ2) is 11.0. The maximum Gasteiger partial charge on any atom is 0.313 e. The average molecular weight is 425 g/mol. The Balaban J connectivity index is 1.65. The molecule has 1 heterocycles. The molecule has 2 aromatic rings. The molecule has 1 fully saturated rings.